The topological polar surface area (TPSA) is 78.4 Å². The number of nitrogens with one attached hydrogen (secondary N) is 2. The van der Waals surface area contributed by atoms with E-state index in [1.165, 1.54) is 9.75 Å². The van der Waals surface area contributed by atoms with Gasteiger partial charge in [0, 0.05) is 22.2 Å². The fourth-order valence-corrected chi connectivity index (χ4v) is 3.18. The van der Waals surface area contributed by atoms with Gasteiger partial charge in [-0.15, -0.1) is 11.3 Å². The molecule has 1 aliphatic rings. The Kier molecular flexibility index (Phi) is 4.65. The zero-order chi connectivity index (χ0) is 14.7. The molecule has 20 heavy (non-hydrogen) atoms. The van der Waals surface area contributed by atoms with E-state index in [4.69, 9.17) is 5.11 Å². The van der Waals surface area contributed by atoms with Crippen molar-refractivity contribution >= 4 is 23.3 Å². The van der Waals surface area contributed by atoms with Crippen molar-refractivity contribution in [3.05, 3.63) is 21.9 Å². The fourth-order valence-electron chi connectivity index (χ4n) is 2.17. The average molecular weight is 296 g/mol. The first kappa shape index (κ1) is 14.8. The minimum absolute atomic E-state index is 0.0262. The predicted molar refractivity (Wildman–Crippen MR) is 78.0 cm³/mol. The van der Waals surface area contributed by atoms with Crippen LogP contribution in [0.1, 0.15) is 29.5 Å². The van der Waals surface area contributed by atoms with Crippen molar-refractivity contribution in [2.75, 3.05) is 0 Å². The van der Waals surface area contributed by atoms with Gasteiger partial charge in [-0.05, 0) is 44.7 Å². The number of aliphatic carboxylic acids is 1. The van der Waals surface area contributed by atoms with E-state index < -0.39 is 18.0 Å². The quantitative estimate of drug-likeness (QED) is 0.752. The Morgan fingerprint density at radius 3 is 2.60 bits per heavy atom. The molecule has 1 saturated carbocycles. The molecule has 0 radical (unpaired) electrons. The Bertz CT molecular complexity index is 496. The SMILES string of the molecule is Cc1ccc(CC(C)NC(=O)NC(C(=O)O)C2CC2)s1. The lowest BCUT2D eigenvalue weighted by Crippen LogP contribution is -2.49. The average Bonchev–Trinajstić information content (AvgIpc) is 3.10. The van der Waals surface area contributed by atoms with Crippen molar-refractivity contribution in [3.63, 3.8) is 0 Å². The van der Waals surface area contributed by atoms with Crippen LogP contribution in [-0.4, -0.2) is 29.2 Å². The highest BCUT2D eigenvalue weighted by atomic mass is 32.1. The minimum atomic E-state index is -0.954. The number of carboxylic acids is 1. The first-order valence-electron chi connectivity index (χ1n) is 6.81. The number of carbonyl (C=O) groups is 2. The maximum atomic E-state index is 11.8. The maximum absolute atomic E-state index is 11.8. The van der Waals surface area contributed by atoms with Crippen LogP contribution in [0.3, 0.4) is 0 Å². The number of carboxylic acid groups (broad SMARTS) is 1. The van der Waals surface area contributed by atoms with Gasteiger partial charge in [0.15, 0.2) is 0 Å². The lowest BCUT2D eigenvalue weighted by atomic mass is 10.2. The first-order valence-corrected chi connectivity index (χ1v) is 7.62. The molecular formula is C14H20N2O3S. The van der Waals surface area contributed by atoms with E-state index in [-0.39, 0.29) is 12.0 Å². The number of hydrogen-bond acceptors (Lipinski definition) is 3. The molecule has 5 nitrogen and oxygen atoms in total. The number of hydrogen-bond donors (Lipinski definition) is 3. The summed E-state index contributed by atoms with van der Waals surface area (Å²) in [6.07, 6.45) is 2.51. The number of carbonyl (C=O) groups excluding carboxylic acids is 1. The van der Waals surface area contributed by atoms with Gasteiger partial charge in [-0.25, -0.2) is 9.59 Å². The van der Waals surface area contributed by atoms with E-state index in [2.05, 4.69) is 22.8 Å². The normalized spacial score (nSPS) is 17.3. The molecule has 1 aromatic heterocycles. The zero-order valence-electron chi connectivity index (χ0n) is 11.7. The second-order valence-electron chi connectivity index (χ2n) is 5.39. The van der Waals surface area contributed by atoms with Gasteiger partial charge in [0.2, 0.25) is 0 Å². The van der Waals surface area contributed by atoms with E-state index in [9.17, 15) is 9.59 Å². The van der Waals surface area contributed by atoms with Crippen LogP contribution in [-0.2, 0) is 11.2 Å². The van der Waals surface area contributed by atoms with E-state index in [0.29, 0.717) is 0 Å². The molecule has 1 heterocycles. The van der Waals surface area contributed by atoms with Gasteiger partial charge in [-0.3, -0.25) is 0 Å². The van der Waals surface area contributed by atoms with E-state index in [1.54, 1.807) is 11.3 Å². The van der Waals surface area contributed by atoms with Crippen LogP contribution in [0.2, 0.25) is 0 Å². The summed E-state index contributed by atoms with van der Waals surface area (Å²) in [5.41, 5.74) is 0. The van der Waals surface area contributed by atoms with Crippen molar-refractivity contribution in [1.82, 2.24) is 10.6 Å². The number of aryl methyl sites for hydroxylation is 1. The molecule has 2 amide bonds. The third-order valence-electron chi connectivity index (χ3n) is 3.33. The highest BCUT2D eigenvalue weighted by Crippen LogP contribution is 2.32. The molecule has 1 fully saturated rings. The van der Waals surface area contributed by atoms with Crippen molar-refractivity contribution in [3.8, 4) is 0 Å². The molecule has 0 bridgehead atoms. The molecule has 0 spiro atoms. The van der Waals surface area contributed by atoms with Crippen LogP contribution < -0.4 is 10.6 Å². The first-order chi connectivity index (χ1) is 9.45. The molecular weight excluding hydrogens is 276 g/mol. The van der Waals surface area contributed by atoms with Gasteiger partial charge < -0.3 is 15.7 Å². The molecule has 110 valence electrons. The van der Waals surface area contributed by atoms with Crippen molar-refractivity contribution < 1.29 is 14.7 Å². The number of rotatable bonds is 6. The monoisotopic (exact) mass is 296 g/mol. The summed E-state index contributed by atoms with van der Waals surface area (Å²) < 4.78 is 0. The summed E-state index contributed by atoms with van der Waals surface area (Å²) in [7, 11) is 0. The molecule has 2 atom stereocenters. The number of urea groups is 1. The number of thiophene rings is 1. The third kappa shape index (κ3) is 4.23. The summed E-state index contributed by atoms with van der Waals surface area (Å²) in [6.45, 7) is 3.97. The van der Waals surface area contributed by atoms with Crippen molar-refractivity contribution in [1.29, 1.82) is 0 Å². The second-order valence-corrected chi connectivity index (χ2v) is 6.76. The fraction of sp³-hybridized carbons (Fsp3) is 0.571. The predicted octanol–water partition coefficient (Wildman–Crippen LogP) is 2.15. The van der Waals surface area contributed by atoms with Gasteiger partial charge in [0.25, 0.3) is 0 Å². The Hall–Kier alpha value is -1.56. The van der Waals surface area contributed by atoms with Crippen LogP contribution in [0.4, 0.5) is 4.79 Å². The molecule has 6 heteroatoms. The smallest absolute Gasteiger partial charge is 0.326 e. The van der Waals surface area contributed by atoms with E-state index in [1.807, 2.05) is 13.8 Å². The second kappa shape index (κ2) is 6.26. The molecule has 2 unspecified atom stereocenters. The van der Waals surface area contributed by atoms with Crippen molar-refractivity contribution in [2.24, 2.45) is 5.92 Å². The third-order valence-corrected chi connectivity index (χ3v) is 4.35. The standard InChI is InChI=1S/C14H20N2O3S/c1-8(7-11-6-3-9(2)20-11)15-14(19)16-12(13(17)18)10-4-5-10/h3,6,8,10,12H,4-5,7H2,1-2H3,(H,17,18)(H2,15,16,19). The van der Waals surface area contributed by atoms with E-state index in [0.717, 1.165) is 19.3 Å². The summed E-state index contributed by atoms with van der Waals surface area (Å²) in [5.74, 6) is -0.863. The molecule has 0 aliphatic heterocycles. The molecule has 3 N–H and O–H groups in total. The molecule has 1 aliphatic carbocycles. The van der Waals surface area contributed by atoms with Crippen LogP contribution >= 0.6 is 11.3 Å². The van der Waals surface area contributed by atoms with Crippen LogP contribution in [0, 0.1) is 12.8 Å². The Morgan fingerprint density at radius 1 is 1.40 bits per heavy atom. The lowest BCUT2D eigenvalue weighted by molar-refractivity contribution is -0.139. The minimum Gasteiger partial charge on any atom is -0.480 e. The van der Waals surface area contributed by atoms with E-state index >= 15 is 0 Å². The van der Waals surface area contributed by atoms with Crippen LogP contribution in [0.25, 0.3) is 0 Å². The molecule has 0 aromatic carbocycles. The zero-order valence-corrected chi connectivity index (χ0v) is 12.5. The number of amides is 2. The summed E-state index contributed by atoms with van der Waals surface area (Å²) >= 11 is 1.71. The summed E-state index contributed by atoms with van der Waals surface area (Å²) in [5, 5.41) is 14.4. The molecule has 0 saturated heterocycles. The Morgan fingerprint density at radius 2 is 2.10 bits per heavy atom. The lowest BCUT2D eigenvalue weighted by Gasteiger charge is -2.17. The Balaban J connectivity index is 1.79. The largest absolute Gasteiger partial charge is 0.480 e. The Labute approximate surface area is 122 Å². The highest BCUT2D eigenvalue weighted by Gasteiger charge is 2.37. The van der Waals surface area contributed by atoms with Crippen LogP contribution in [0.15, 0.2) is 12.1 Å². The van der Waals surface area contributed by atoms with Gasteiger partial charge in [0.1, 0.15) is 6.04 Å². The summed E-state index contributed by atoms with van der Waals surface area (Å²) in [4.78, 5) is 25.3. The van der Waals surface area contributed by atoms with Crippen LogP contribution in [0.5, 0.6) is 0 Å². The molecule has 1 aromatic rings. The van der Waals surface area contributed by atoms with Gasteiger partial charge in [-0.1, -0.05) is 0 Å². The van der Waals surface area contributed by atoms with Gasteiger partial charge in [0.05, 0.1) is 0 Å². The maximum Gasteiger partial charge on any atom is 0.326 e. The highest BCUT2D eigenvalue weighted by molar-refractivity contribution is 7.11. The van der Waals surface area contributed by atoms with Crippen molar-refractivity contribution in [2.45, 2.75) is 45.2 Å². The summed E-state index contributed by atoms with van der Waals surface area (Å²) in [6, 6.07) is 2.93. The van der Waals surface area contributed by atoms with Gasteiger partial charge >= 0.3 is 12.0 Å². The van der Waals surface area contributed by atoms with Gasteiger partial charge in [-0.2, -0.15) is 0 Å². The molecule has 2 rings (SSSR count).